The van der Waals surface area contributed by atoms with Crippen molar-refractivity contribution in [2.45, 2.75) is 26.4 Å². The average Bonchev–Trinajstić information content (AvgIpc) is 2.46. The van der Waals surface area contributed by atoms with Crippen molar-refractivity contribution in [2.75, 3.05) is 0 Å². The molecular weight excluding hydrogens is 248 g/mol. The third-order valence-corrected chi connectivity index (χ3v) is 3.22. The number of hydrogen-bond acceptors (Lipinski definition) is 2. The Morgan fingerprint density at radius 2 is 1.65 bits per heavy atom. The summed E-state index contributed by atoms with van der Waals surface area (Å²) in [5.74, 6) is 1.40. The van der Waals surface area contributed by atoms with Gasteiger partial charge in [-0.25, -0.2) is 0 Å². The maximum absolute atomic E-state index is 7.33. The SMILES string of the molecule is CC(C)c1ccc(COc2ccc(C(=N)N)cc2)cc1. The molecule has 0 saturated heterocycles. The number of amidine groups is 1. The minimum atomic E-state index is 0.0702. The van der Waals surface area contributed by atoms with E-state index in [0.717, 1.165) is 11.3 Å². The summed E-state index contributed by atoms with van der Waals surface area (Å²) in [6.07, 6.45) is 0. The topological polar surface area (TPSA) is 59.1 Å². The van der Waals surface area contributed by atoms with E-state index in [4.69, 9.17) is 15.9 Å². The van der Waals surface area contributed by atoms with Crippen LogP contribution >= 0.6 is 0 Å². The van der Waals surface area contributed by atoms with Crippen molar-refractivity contribution in [1.29, 1.82) is 5.41 Å². The molecule has 0 unspecified atom stereocenters. The summed E-state index contributed by atoms with van der Waals surface area (Å²) in [6.45, 7) is 4.90. The summed E-state index contributed by atoms with van der Waals surface area (Å²) in [6, 6.07) is 15.7. The van der Waals surface area contributed by atoms with E-state index in [0.29, 0.717) is 18.1 Å². The third kappa shape index (κ3) is 3.60. The number of benzene rings is 2. The van der Waals surface area contributed by atoms with E-state index in [1.807, 2.05) is 12.1 Å². The molecule has 104 valence electrons. The summed E-state index contributed by atoms with van der Waals surface area (Å²) in [7, 11) is 0. The Hall–Kier alpha value is -2.29. The molecule has 3 N–H and O–H groups in total. The van der Waals surface area contributed by atoms with E-state index >= 15 is 0 Å². The van der Waals surface area contributed by atoms with Gasteiger partial charge in [0.25, 0.3) is 0 Å². The van der Waals surface area contributed by atoms with Crippen molar-refractivity contribution in [3.63, 3.8) is 0 Å². The van der Waals surface area contributed by atoms with Crippen LogP contribution in [0.15, 0.2) is 48.5 Å². The smallest absolute Gasteiger partial charge is 0.122 e. The molecule has 0 fully saturated rings. The fraction of sp³-hybridized carbons (Fsp3) is 0.235. The maximum Gasteiger partial charge on any atom is 0.122 e. The van der Waals surface area contributed by atoms with Gasteiger partial charge in [0.05, 0.1) is 0 Å². The molecule has 0 aliphatic heterocycles. The largest absolute Gasteiger partial charge is 0.489 e. The van der Waals surface area contributed by atoms with Gasteiger partial charge in [-0.15, -0.1) is 0 Å². The van der Waals surface area contributed by atoms with Gasteiger partial charge < -0.3 is 10.5 Å². The maximum atomic E-state index is 7.33. The first-order valence-electron chi connectivity index (χ1n) is 6.72. The van der Waals surface area contributed by atoms with Crippen molar-refractivity contribution < 1.29 is 4.74 Å². The number of nitrogens with one attached hydrogen (secondary N) is 1. The van der Waals surface area contributed by atoms with Crippen molar-refractivity contribution >= 4 is 5.84 Å². The Labute approximate surface area is 119 Å². The Bertz CT molecular complexity index is 571. The van der Waals surface area contributed by atoms with Crippen LogP contribution in [0, 0.1) is 5.41 Å². The molecule has 0 aromatic heterocycles. The summed E-state index contributed by atoms with van der Waals surface area (Å²) in [5.41, 5.74) is 8.59. The summed E-state index contributed by atoms with van der Waals surface area (Å²) in [4.78, 5) is 0. The monoisotopic (exact) mass is 268 g/mol. The molecule has 0 bridgehead atoms. The van der Waals surface area contributed by atoms with Gasteiger partial charge in [-0.1, -0.05) is 38.1 Å². The van der Waals surface area contributed by atoms with E-state index < -0.39 is 0 Å². The van der Waals surface area contributed by atoms with E-state index in [1.165, 1.54) is 5.56 Å². The first-order chi connectivity index (χ1) is 9.56. The lowest BCUT2D eigenvalue weighted by atomic mass is 10.0. The van der Waals surface area contributed by atoms with Crippen LogP contribution in [-0.2, 0) is 6.61 Å². The molecule has 0 aliphatic carbocycles. The van der Waals surface area contributed by atoms with Crippen molar-refractivity contribution in [2.24, 2.45) is 5.73 Å². The van der Waals surface area contributed by atoms with Gasteiger partial charge in [0, 0.05) is 5.56 Å². The van der Waals surface area contributed by atoms with Gasteiger partial charge >= 0.3 is 0 Å². The zero-order chi connectivity index (χ0) is 14.5. The number of rotatable bonds is 5. The van der Waals surface area contributed by atoms with E-state index in [2.05, 4.69) is 38.1 Å². The molecule has 0 spiro atoms. The van der Waals surface area contributed by atoms with Crippen LogP contribution in [0.4, 0.5) is 0 Å². The van der Waals surface area contributed by atoms with Crippen LogP contribution in [0.2, 0.25) is 0 Å². The molecule has 2 aromatic rings. The van der Waals surface area contributed by atoms with Gasteiger partial charge in [-0.2, -0.15) is 0 Å². The van der Waals surface area contributed by atoms with Gasteiger partial charge in [-0.3, -0.25) is 5.41 Å². The van der Waals surface area contributed by atoms with E-state index in [-0.39, 0.29) is 5.84 Å². The van der Waals surface area contributed by atoms with Crippen molar-refractivity contribution in [1.82, 2.24) is 0 Å². The lowest BCUT2D eigenvalue weighted by Crippen LogP contribution is -2.10. The molecule has 0 amide bonds. The summed E-state index contributed by atoms with van der Waals surface area (Å²) >= 11 is 0. The van der Waals surface area contributed by atoms with Crippen LogP contribution < -0.4 is 10.5 Å². The lowest BCUT2D eigenvalue weighted by Gasteiger charge is -2.09. The predicted molar refractivity (Wildman–Crippen MR) is 82.3 cm³/mol. The number of hydrogen-bond donors (Lipinski definition) is 2. The van der Waals surface area contributed by atoms with Gasteiger partial charge in [-0.05, 0) is 41.3 Å². The number of nitrogens with two attached hydrogens (primary N) is 1. The first kappa shape index (κ1) is 14.1. The average molecular weight is 268 g/mol. The van der Waals surface area contributed by atoms with E-state index in [1.54, 1.807) is 12.1 Å². The minimum absolute atomic E-state index is 0.0702. The summed E-state index contributed by atoms with van der Waals surface area (Å²) in [5, 5.41) is 7.33. The highest BCUT2D eigenvalue weighted by Crippen LogP contribution is 2.17. The fourth-order valence-corrected chi connectivity index (χ4v) is 1.90. The van der Waals surface area contributed by atoms with Crippen LogP contribution in [0.25, 0.3) is 0 Å². The van der Waals surface area contributed by atoms with Gasteiger partial charge in [0.15, 0.2) is 0 Å². The van der Waals surface area contributed by atoms with Crippen LogP contribution in [0.1, 0.15) is 36.5 Å². The Morgan fingerprint density at radius 1 is 1.05 bits per heavy atom. The van der Waals surface area contributed by atoms with Crippen LogP contribution in [0.5, 0.6) is 5.75 Å². The molecule has 0 atom stereocenters. The standard InChI is InChI=1S/C17H20N2O/c1-12(2)14-5-3-13(4-6-14)11-20-16-9-7-15(8-10-16)17(18)19/h3-10,12H,11H2,1-2H3,(H3,18,19). The van der Waals surface area contributed by atoms with Crippen LogP contribution in [0.3, 0.4) is 0 Å². The van der Waals surface area contributed by atoms with Crippen LogP contribution in [-0.4, -0.2) is 5.84 Å². The zero-order valence-corrected chi connectivity index (χ0v) is 11.9. The quantitative estimate of drug-likeness (QED) is 0.642. The Morgan fingerprint density at radius 3 is 2.15 bits per heavy atom. The van der Waals surface area contributed by atoms with Crippen molar-refractivity contribution in [3.8, 4) is 5.75 Å². The van der Waals surface area contributed by atoms with Gasteiger partial charge in [0.1, 0.15) is 18.2 Å². The first-order valence-corrected chi connectivity index (χ1v) is 6.72. The molecule has 0 radical (unpaired) electrons. The highest BCUT2D eigenvalue weighted by molar-refractivity contribution is 5.94. The Balaban J connectivity index is 1.96. The molecule has 0 aliphatic rings. The second kappa shape index (κ2) is 6.24. The Kier molecular flexibility index (Phi) is 4.41. The van der Waals surface area contributed by atoms with E-state index in [9.17, 15) is 0 Å². The van der Waals surface area contributed by atoms with Crippen molar-refractivity contribution in [3.05, 3.63) is 65.2 Å². The highest BCUT2D eigenvalue weighted by Gasteiger charge is 2.01. The third-order valence-electron chi connectivity index (χ3n) is 3.22. The normalized spacial score (nSPS) is 10.6. The number of nitrogen functional groups attached to an aromatic ring is 1. The fourth-order valence-electron chi connectivity index (χ4n) is 1.90. The second-order valence-electron chi connectivity index (χ2n) is 5.12. The predicted octanol–water partition coefficient (Wildman–Crippen LogP) is 3.67. The molecule has 20 heavy (non-hydrogen) atoms. The number of ether oxygens (including phenoxy) is 1. The molecular formula is C17H20N2O. The van der Waals surface area contributed by atoms with Gasteiger partial charge in [0.2, 0.25) is 0 Å². The minimum Gasteiger partial charge on any atom is -0.489 e. The molecule has 0 saturated carbocycles. The molecule has 0 heterocycles. The zero-order valence-electron chi connectivity index (χ0n) is 11.9. The molecule has 2 rings (SSSR count). The molecule has 3 heteroatoms. The molecule has 3 nitrogen and oxygen atoms in total. The second-order valence-corrected chi connectivity index (χ2v) is 5.12. The summed E-state index contributed by atoms with van der Waals surface area (Å²) < 4.78 is 5.72. The lowest BCUT2D eigenvalue weighted by molar-refractivity contribution is 0.306. The highest BCUT2D eigenvalue weighted by atomic mass is 16.5. The molecule has 2 aromatic carbocycles.